The summed E-state index contributed by atoms with van der Waals surface area (Å²) in [4.78, 5) is 15.6. The second-order valence-electron chi connectivity index (χ2n) is 3.01. The zero-order valence-corrected chi connectivity index (χ0v) is 9.46. The Labute approximate surface area is 93.7 Å². The van der Waals surface area contributed by atoms with Crippen molar-refractivity contribution in [1.82, 2.24) is 10.3 Å². The molecule has 1 atom stereocenters. The second-order valence-corrected chi connectivity index (χ2v) is 4.37. The molecule has 0 saturated heterocycles. The van der Waals surface area contributed by atoms with Crippen LogP contribution >= 0.6 is 11.8 Å². The van der Waals surface area contributed by atoms with E-state index in [9.17, 15) is 4.79 Å². The summed E-state index contributed by atoms with van der Waals surface area (Å²) in [6, 6.07) is 5.64. The number of nitrogens with two attached hydrogens (primary N) is 1. The van der Waals surface area contributed by atoms with Crippen LogP contribution in [-0.4, -0.2) is 29.2 Å². The average molecular weight is 225 g/mol. The van der Waals surface area contributed by atoms with Gasteiger partial charge < -0.3 is 11.1 Å². The van der Waals surface area contributed by atoms with Crippen LogP contribution in [0, 0.1) is 0 Å². The fraction of sp³-hybridized carbons (Fsp3) is 0.400. The monoisotopic (exact) mass is 225 g/mol. The van der Waals surface area contributed by atoms with E-state index in [2.05, 4.69) is 10.3 Å². The molecule has 1 heterocycles. The largest absolute Gasteiger partial charge is 0.354 e. The van der Waals surface area contributed by atoms with Gasteiger partial charge in [-0.1, -0.05) is 17.8 Å². The van der Waals surface area contributed by atoms with Crippen LogP contribution in [0.5, 0.6) is 0 Å². The summed E-state index contributed by atoms with van der Waals surface area (Å²) >= 11 is 1.44. The lowest BCUT2D eigenvalue weighted by molar-refractivity contribution is -0.120. The van der Waals surface area contributed by atoms with Gasteiger partial charge in [0.25, 0.3) is 0 Å². The standard InChI is InChI=1S/C10H15N3OS/c1-8(10(14)13-7-5-11)15-9-4-2-3-6-12-9/h2-4,6,8H,5,7,11H2,1H3,(H,13,14). The third-order valence-corrected chi connectivity index (χ3v) is 2.80. The van der Waals surface area contributed by atoms with Gasteiger partial charge in [-0.3, -0.25) is 4.79 Å². The fourth-order valence-electron chi connectivity index (χ4n) is 0.991. The van der Waals surface area contributed by atoms with Crippen LogP contribution in [0.3, 0.4) is 0 Å². The molecule has 0 bridgehead atoms. The number of aromatic nitrogens is 1. The molecular formula is C10H15N3OS. The summed E-state index contributed by atoms with van der Waals surface area (Å²) < 4.78 is 0. The summed E-state index contributed by atoms with van der Waals surface area (Å²) in [6.07, 6.45) is 1.72. The Morgan fingerprint density at radius 3 is 3.07 bits per heavy atom. The van der Waals surface area contributed by atoms with Crippen LogP contribution in [0.15, 0.2) is 29.4 Å². The van der Waals surface area contributed by atoms with E-state index in [1.54, 1.807) is 6.20 Å². The highest BCUT2D eigenvalue weighted by Crippen LogP contribution is 2.20. The Bertz CT molecular complexity index is 305. The van der Waals surface area contributed by atoms with Crippen molar-refractivity contribution in [3.05, 3.63) is 24.4 Å². The molecule has 0 aromatic carbocycles. The fourth-order valence-corrected chi connectivity index (χ4v) is 1.82. The lowest BCUT2D eigenvalue weighted by Gasteiger charge is -2.10. The third-order valence-electron chi connectivity index (χ3n) is 1.75. The summed E-state index contributed by atoms with van der Waals surface area (Å²) in [5, 5.41) is 3.45. The van der Waals surface area contributed by atoms with Gasteiger partial charge in [-0.05, 0) is 19.1 Å². The molecule has 1 unspecified atom stereocenters. The maximum absolute atomic E-state index is 11.5. The quantitative estimate of drug-likeness (QED) is 0.721. The maximum atomic E-state index is 11.5. The molecule has 5 heteroatoms. The Balaban J connectivity index is 2.41. The van der Waals surface area contributed by atoms with E-state index in [1.165, 1.54) is 11.8 Å². The van der Waals surface area contributed by atoms with Gasteiger partial charge in [0.05, 0.1) is 10.3 Å². The van der Waals surface area contributed by atoms with E-state index < -0.39 is 0 Å². The number of thioether (sulfide) groups is 1. The molecular weight excluding hydrogens is 210 g/mol. The first kappa shape index (κ1) is 12.0. The van der Waals surface area contributed by atoms with E-state index in [4.69, 9.17) is 5.73 Å². The van der Waals surface area contributed by atoms with E-state index in [1.807, 2.05) is 25.1 Å². The topological polar surface area (TPSA) is 68.0 Å². The van der Waals surface area contributed by atoms with Crippen molar-refractivity contribution in [2.45, 2.75) is 17.2 Å². The minimum Gasteiger partial charge on any atom is -0.354 e. The average Bonchev–Trinajstić information content (AvgIpc) is 2.27. The van der Waals surface area contributed by atoms with E-state index >= 15 is 0 Å². The minimum absolute atomic E-state index is 0.00361. The molecule has 0 spiro atoms. The number of carbonyl (C=O) groups is 1. The van der Waals surface area contributed by atoms with Crippen LogP contribution in [0.25, 0.3) is 0 Å². The Morgan fingerprint density at radius 1 is 1.67 bits per heavy atom. The number of carbonyl (C=O) groups excluding carboxylic acids is 1. The SMILES string of the molecule is CC(Sc1ccccn1)C(=O)NCCN. The first-order valence-electron chi connectivity index (χ1n) is 4.79. The molecule has 0 saturated carbocycles. The van der Waals surface area contributed by atoms with E-state index in [0.717, 1.165) is 5.03 Å². The van der Waals surface area contributed by atoms with Crippen molar-refractivity contribution < 1.29 is 4.79 Å². The second kappa shape index (κ2) is 6.42. The van der Waals surface area contributed by atoms with Gasteiger partial charge in [0.15, 0.2) is 0 Å². The van der Waals surface area contributed by atoms with Gasteiger partial charge in [0.1, 0.15) is 0 Å². The molecule has 0 radical (unpaired) electrons. The van der Waals surface area contributed by atoms with Crippen molar-refractivity contribution >= 4 is 17.7 Å². The number of hydrogen-bond donors (Lipinski definition) is 2. The molecule has 82 valence electrons. The predicted molar refractivity (Wildman–Crippen MR) is 61.6 cm³/mol. The molecule has 15 heavy (non-hydrogen) atoms. The van der Waals surface area contributed by atoms with Crippen molar-refractivity contribution in [3.8, 4) is 0 Å². The van der Waals surface area contributed by atoms with E-state index in [-0.39, 0.29) is 11.2 Å². The zero-order valence-electron chi connectivity index (χ0n) is 8.64. The Kier molecular flexibility index (Phi) is 5.14. The maximum Gasteiger partial charge on any atom is 0.233 e. The smallest absolute Gasteiger partial charge is 0.233 e. The van der Waals surface area contributed by atoms with Crippen LogP contribution < -0.4 is 11.1 Å². The third kappa shape index (κ3) is 4.31. The van der Waals surface area contributed by atoms with Crippen LogP contribution in [0.4, 0.5) is 0 Å². The van der Waals surface area contributed by atoms with E-state index in [0.29, 0.717) is 13.1 Å². The van der Waals surface area contributed by atoms with Crippen LogP contribution in [0.2, 0.25) is 0 Å². The molecule has 1 amide bonds. The zero-order chi connectivity index (χ0) is 11.1. The number of nitrogens with one attached hydrogen (secondary N) is 1. The molecule has 0 aliphatic heterocycles. The lowest BCUT2D eigenvalue weighted by Crippen LogP contribution is -2.34. The summed E-state index contributed by atoms with van der Waals surface area (Å²) in [6.45, 7) is 2.84. The predicted octanol–water partition coefficient (Wildman–Crippen LogP) is 0.637. The van der Waals surface area contributed by atoms with Crippen LogP contribution in [-0.2, 0) is 4.79 Å². The van der Waals surface area contributed by atoms with Gasteiger partial charge in [0.2, 0.25) is 5.91 Å². The number of rotatable bonds is 5. The highest BCUT2D eigenvalue weighted by molar-refractivity contribution is 8.00. The van der Waals surface area contributed by atoms with Crippen molar-refractivity contribution in [2.24, 2.45) is 5.73 Å². The molecule has 1 aromatic rings. The number of amides is 1. The first-order chi connectivity index (χ1) is 7.24. The van der Waals surface area contributed by atoms with Gasteiger partial charge in [-0.25, -0.2) is 4.98 Å². The molecule has 4 nitrogen and oxygen atoms in total. The van der Waals surface area contributed by atoms with Gasteiger partial charge in [-0.15, -0.1) is 0 Å². The van der Waals surface area contributed by atoms with Gasteiger partial charge in [-0.2, -0.15) is 0 Å². The van der Waals surface area contributed by atoms with Gasteiger partial charge >= 0.3 is 0 Å². The van der Waals surface area contributed by atoms with Gasteiger partial charge in [0, 0.05) is 19.3 Å². The number of nitrogens with zero attached hydrogens (tertiary/aromatic N) is 1. The minimum atomic E-state index is -0.147. The Morgan fingerprint density at radius 2 is 2.47 bits per heavy atom. The normalized spacial score (nSPS) is 12.1. The Hall–Kier alpha value is -1.07. The summed E-state index contributed by atoms with van der Waals surface area (Å²) in [5.74, 6) is -0.00361. The summed E-state index contributed by atoms with van der Waals surface area (Å²) in [5.41, 5.74) is 5.30. The highest BCUT2D eigenvalue weighted by Gasteiger charge is 2.13. The first-order valence-corrected chi connectivity index (χ1v) is 5.67. The molecule has 3 N–H and O–H groups in total. The van der Waals surface area contributed by atoms with Crippen molar-refractivity contribution in [3.63, 3.8) is 0 Å². The number of pyridine rings is 1. The summed E-state index contributed by atoms with van der Waals surface area (Å²) in [7, 11) is 0. The highest BCUT2D eigenvalue weighted by atomic mass is 32.2. The molecule has 0 aliphatic rings. The molecule has 0 aliphatic carbocycles. The molecule has 0 fully saturated rings. The van der Waals surface area contributed by atoms with Crippen LogP contribution in [0.1, 0.15) is 6.92 Å². The lowest BCUT2D eigenvalue weighted by atomic mass is 10.4. The van der Waals surface area contributed by atoms with Crippen molar-refractivity contribution in [2.75, 3.05) is 13.1 Å². The van der Waals surface area contributed by atoms with Crippen molar-refractivity contribution in [1.29, 1.82) is 0 Å². The number of hydrogen-bond acceptors (Lipinski definition) is 4. The molecule has 1 rings (SSSR count). The molecule has 1 aromatic heterocycles.